The summed E-state index contributed by atoms with van der Waals surface area (Å²) in [6, 6.07) is 0. The van der Waals surface area contributed by atoms with Crippen molar-refractivity contribution in [1.82, 2.24) is 0 Å². The van der Waals surface area contributed by atoms with Crippen molar-refractivity contribution in [2.45, 2.75) is 111 Å². The van der Waals surface area contributed by atoms with E-state index in [1.807, 2.05) is 0 Å². The van der Waals surface area contributed by atoms with Crippen LogP contribution >= 0.6 is 11.6 Å². The Bertz CT molecular complexity index is 699. The molecule has 6 unspecified atom stereocenters. The number of hydrogen-bond donors (Lipinski definition) is 0. The molecule has 8 atom stereocenters. The fraction of sp³-hybridized carbons (Fsp3) is 0.893. The van der Waals surface area contributed by atoms with Crippen molar-refractivity contribution in [1.29, 1.82) is 0 Å². The van der Waals surface area contributed by atoms with E-state index < -0.39 is 5.43 Å². The number of allylic oxidation sites excluding steroid dienone is 1. The third-order valence-electron chi connectivity index (χ3n) is 10.5. The van der Waals surface area contributed by atoms with E-state index in [-0.39, 0.29) is 6.10 Å². The van der Waals surface area contributed by atoms with Crippen LogP contribution in [0, 0.1) is 46.3 Å². The summed E-state index contributed by atoms with van der Waals surface area (Å²) in [7, 11) is 0. The van der Waals surface area contributed by atoms with E-state index in [0.717, 1.165) is 54.8 Å². The molecule has 0 bridgehead atoms. The number of fused-ring (bicyclic) bond motifs is 5. The third-order valence-corrected chi connectivity index (χ3v) is 10.6. The van der Waals surface area contributed by atoms with Crippen LogP contribution in [-0.4, -0.2) is 11.5 Å². The molecule has 0 aliphatic heterocycles. The first kappa shape index (κ1) is 23.7. The molecule has 3 heteroatoms. The molecule has 31 heavy (non-hydrogen) atoms. The fourth-order valence-corrected chi connectivity index (χ4v) is 9.01. The summed E-state index contributed by atoms with van der Waals surface area (Å²) < 4.78 is 5.38. The molecule has 2 nitrogen and oxygen atoms in total. The third kappa shape index (κ3) is 4.36. The minimum Gasteiger partial charge on any atom is -0.450 e. The molecule has 4 aliphatic rings. The lowest BCUT2D eigenvalue weighted by atomic mass is 9.47. The van der Waals surface area contributed by atoms with Crippen LogP contribution < -0.4 is 0 Å². The van der Waals surface area contributed by atoms with E-state index in [1.165, 1.54) is 51.4 Å². The van der Waals surface area contributed by atoms with Crippen LogP contribution in [0.3, 0.4) is 0 Å². The number of carbonyl (C=O) groups excluding carboxylic acids is 1. The van der Waals surface area contributed by atoms with Crippen LogP contribution in [-0.2, 0) is 4.74 Å². The number of rotatable bonds is 6. The van der Waals surface area contributed by atoms with E-state index in [2.05, 4.69) is 40.7 Å². The van der Waals surface area contributed by atoms with Crippen LogP contribution in [0.25, 0.3) is 0 Å². The van der Waals surface area contributed by atoms with Crippen LogP contribution in [0.5, 0.6) is 0 Å². The second-order valence-electron chi connectivity index (χ2n) is 12.5. The molecular formula is C28H45ClO2. The van der Waals surface area contributed by atoms with E-state index in [0.29, 0.717) is 10.8 Å². The molecule has 0 radical (unpaired) electrons. The normalized spacial score (nSPS) is 42.9. The molecule has 4 rings (SSSR count). The van der Waals surface area contributed by atoms with Gasteiger partial charge in [-0.05, 0) is 91.3 Å². The Morgan fingerprint density at radius 3 is 2.58 bits per heavy atom. The van der Waals surface area contributed by atoms with Gasteiger partial charge in [0, 0.05) is 18.0 Å². The van der Waals surface area contributed by atoms with Gasteiger partial charge in [0.05, 0.1) is 0 Å². The van der Waals surface area contributed by atoms with Gasteiger partial charge in [-0.15, -0.1) is 0 Å². The lowest BCUT2D eigenvalue weighted by Gasteiger charge is -2.58. The second kappa shape index (κ2) is 9.03. The Kier molecular flexibility index (Phi) is 6.89. The fourth-order valence-electron chi connectivity index (χ4n) is 8.88. The first-order valence-corrected chi connectivity index (χ1v) is 13.6. The largest absolute Gasteiger partial charge is 0.450 e. The van der Waals surface area contributed by atoms with Gasteiger partial charge in [-0.2, -0.15) is 0 Å². The lowest BCUT2D eigenvalue weighted by molar-refractivity contribution is -0.0573. The molecule has 176 valence electrons. The van der Waals surface area contributed by atoms with Crippen molar-refractivity contribution in [3.63, 3.8) is 0 Å². The molecule has 0 saturated heterocycles. The van der Waals surface area contributed by atoms with Crippen LogP contribution in [0.2, 0.25) is 0 Å². The molecular weight excluding hydrogens is 404 g/mol. The van der Waals surface area contributed by atoms with Gasteiger partial charge in [-0.1, -0.05) is 65.5 Å². The summed E-state index contributed by atoms with van der Waals surface area (Å²) in [4.78, 5) is 11.2. The van der Waals surface area contributed by atoms with Gasteiger partial charge in [0.15, 0.2) is 0 Å². The second-order valence-corrected chi connectivity index (χ2v) is 12.8. The van der Waals surface area contributed by atoms with Crippen molar-refractivity contribution < 1.29 is 9.53 Å². The highest BCUT2D eigenvalue weighted by Crippen LogP contribution is 2.67. The minimum absolute atomic E-state index is 0.0164. The number of halogens is 1. The summed E-state index contributed by atoms with van der Waals surface area (Å²) in [6.07, 6.45) is 16.7. The summed E-state index contributed by atoms with van der Waals surface area (Å²) >= 11 is 5.51. The highest BCUT2D eigenvalue weighted by Gasteiger charge is 2.59. The monoisotopic (exact) mass is 448 g/mol. The molecule has 3 fully saturated rings. The van der Waals surface area contributed by atoms with Gasteiger partial charge in [0.1, 0.15) is 6.10 Å². The molecule has 0 aromatic heterocycles. The number of hydrogen-bond acceptors (Lipinski definition) is 2. The Morgan fingerprint density at radius 2 is 1.87 bits per heavy atom. The van der Waals surface area contributed by atoms with E-state index in [4.69, 9.17) is 16.3 Å². The molecule has 3 saturated carbocycles. The molecule has 0 heterocycles. The SMILES string of the molecule is CC(C)CCC[C@@H](C)[C@H]1CCC2C3CC=C4CC(OC(=O)Cl)CCC4(C)C3CCC21C. The van der Waals surface area contributed by atoms with Crippen molar-refractivity contribution in [2.24, 2.45) is 46.3 Å². The lowest BCUT2D eigenvalue weighted by Crippen LogP contribution is -2.51. The predicted molar refractivity (Wildman–Crippen MR) is 129 cm³/mol. The molecule has 0 aromatic rings. The summed E-state index contributed by atoms with van der Waals surface area (Å²) in [5.74, 6) is 5.19. The molecule has 0 amide bonds. The first-order chi connectivity index (χ1) is 14.6. The average molecular weight is 449 g/mol. The quantitative estimate of drug-likeness (QED) is 0.299. The van der Waals surface area contributed by atoms with Crippen LogP contribution in [0.4, 0.5) is 4.79 Å². The van der Waals surface area contributed by atoms with Gasteiger partial charge in [-0.3, -0.25) is 0 Å². The van der Waals surface area contributed by atoms with Gasteiger partial charge < -0.3 is 4.74 Å². The maximum Gasteiger partial charge on any atom is 0.404 e. The summed E-state index contributed by atoms with van der Waals surface area (Å²) in [5.41, 5.74) is 1.77. The van der Waals surface area contributed by atoms with Crippen molar-refractivity contribution in [2.75, 3.05) is 0 Å². The highest BCUT2D eigenvalue weighted by molar-refractivity contribution is 6.61. The summed E-state index contributed by atoms with van der Waals surface area (Å²) in [5, 5.41) is 0. The van der Waals surface area contributed by atoms with Crippen LogP contribution in [0.15, 0.2) is 11.6 Å². The maximum absolute atomic E-state index is 11.2. The average Bonchev–Trinajstić information content (AvgIpc) is 3.05. The zero-order valence-electron chi connectivity index (χ0n) is 20.6. The first-order valence-electron chi connectivity index (χ1n) is 13.2. The topological polar surface area (TPSA) is 26.3 Å². The zero-order chi connectivity index (χ0) is 22.4. The van der Waals surface area contributed by atoms with Gasteiger partial charge in [0.2, 0.25) is 0 Å². The molecule has 0 N–H and O–H groups in total. The minimum atomic E-state index is -0.643. The standard InChI is InChI=1S/C28H45ClO2/c1-18(2)7-6-8-19(3)23-11-12-24-22-10-9-20-17-21(31-26(29)30)13-15-27(20,4)25(22)14-16-28(23,24)5/h9,18-19,21-25H,6-8,10-17H2,1-5H3/t19-,21?,22?,23-,24?,25?,27?,28?/m1/s1. The Morgan fingerprint density at radius 1 is 1.10 bits per heavy atom. The van der Waals surface area contributed by atoms with E-state index >= 15 is 0 Å². The number of carbonyl (C=O) groups is 1. The Labute approximate surface area is 195 Å². The van der Waals surface area contributed by atoms with Crippen molar-refractivity contribution in [3.8, 4) is 0 Å². The highest BCUT2D eigenvalue weighted by atomic mass is 35.5. The molecule has 0 spiro atoms. The molecule has 0 aromatic carbocycles. The Balaban J connectivity index is 1.47. The van der Waals surface area contributed by atoms with E-state index in [9.17, 15) is 4.79 Å². The van der Waals surface area contributed by atoms with Crippen molar-refractivity contribution in [3.05, 3.63) is 11.6 Å². The van der Waals surface area contributed by atoms with Gasteiger partial charge >= 0.3 is 5.43 Å². The van der Waals surface area contributed by atoms with Gasteiger partial charge in [-0.25, -0.2) is 4.79 Å². The predicted octanol–water partition coefficient (Wildman–Crippen LogP) is 8.77. The van der Waals surface area contributed by atoms with Crippen molar-refractivity contribution >= 4 is 17.0 Å². The molecule has 4 aliphatic carbocycles. The maximum atomic E-state index is 11.2. The smallest absolute Gasteiger partial charge is 0.404 e. The summed E-state index contributed by atoms with van der Waals surface area (Å²) in [6.45, 7) is 12.5. The van der Waals surface area contributed by atoms with Crippen LogP contribution in [0.1, 0.15) is 105 Å². The Hall–Kier alpha value is -0.500. The van der Waals surface area contributed by atoms with E-state index in [1.54, 1.807) is 5.57 Å². The zero-order valence-corrected chi connectivity index (χ0v) is 21.3. The van der Waals surface area contributed by atoms with Gasteiger partial charge in [0.25, 0.3) is 0 Å². The number of ether oxygens (including phenoxy) is 1.